The number of rotatable bonds is 5. The molecule has 0 aliphatic carbocycles. The van der Waals surface area contributed by atoms with Crippen LogP contribution in [0.2, 0.25) is 0 Å². The van der Waals surface area contributed by atoms with Gasteiger partial charge < -0.3 is 14.7 Å². The van der Waals surface area contributed by atoms with Crippen LogP contribution in [-0.2, 0) is 14.8 Å². The minimum Gasteiger partial charge on any atom is -0.376 e. The second kappa shape index (κ2) is 7.77. The number of H-pyrrole nitrogens is 2. The normalized spacial score (nSPS) is 16.9. The highest BCUT2D eigenvalue weighted by Crippen LogP contribution is 2.28. The van der Waals surface area contributed by atoms with Crippen LogP contribution in [0.4, 0.5) is 5.69 Å². The van der Waals surface area contributed by atoms with Crippen LogP contribution in [0.15, 0.2) is 61.4 Å². The SMILES string of the molecule is O=c1[nH]c2ccc(S(=O)(=O)N(CC3CCCO3)c3ccc(Br)cc3)cc2[nH]c1=O. The molecule has 0 spiro atoms. The first kappa shape index (κ1) is 19.9. The lowest BCUT2D eigenvalue weighted by molar-refractivity contribution is 0.118. The number of halogens is 1. The van der Waals surface area contributed by atoms with Crippen molar-refractivity contribution in [1.29, 1.82) is 0 Å². The molecule has 1 saturated heterocycles. The summed E-state index contributed by atoms with van der Waals surface area (Å²) in [4.78, 5) is 28.0. The molecule has 0 amide bonds. The first-order valence-electron chi connectivity index (χ1n) is 9.01. The number of aromatic amines is 2. The number of aromatic nitrogens is 2. The van der Waals surface area contributed by atoms with Gasteiger partial charge in [0.25, 0.3) is 10.0 Å². The van der Waals surface area contributed by atoms with Gasteiger partial charge in [-0.25, -0.2) is 8.42 Å². The zero-order chi connectivity index (χ0) is 20.6. The Morgan fingerprint density at radius 1 is 1.03 bits per heavy atom. The van der Waals surface area contributed by atoms with Gasteiger partial charge in [0.05, 0.1) is 34.3 Å². The maximum Gasteiger partial charge on any atom is 0.314 e. The summed E-state index contributed by atoms with van der Waals surface area (Å²) in [5.74, 6) is 0. The van der Waals surface area contributed by atoms with Crippen LogP contribution >= 0.6 is 15.9 Å². The molecule has 152 valence electrons. The Kier molecular flexibility index (Phi) is 5.32. The summed E-state index contributed by atoms with van der Waals surface area (Å²) in [6.07, 6.45) is 1.49. The molecule has 10 heteroatoms. The number of sulfonamides is 1. The standard InChI is InChI=1S/C19H18BrN3O5S/c20-12-3-5-13(6-4-12)23(11-14-2-1-9-28-14)29(26,27)15-7-8-16-17(10-15)22-19(25)18(24)21-16/h3-8,10,14H,1-2,9,11H2,(H,21,24)(H,22,25). The molecule has 1 aliphatic heterocycles. The van der Waals surface area contributed by atoms with Crippen molar-refractivity contribution in [3.05, 3.63) is 67.6 Å². The Bertz CT molecular complexity index is 1260. The topological polar surface area (TPSA) is 112 Å². The van der Waals surface area contributed by atoms with Crippen LogP contribution in [0, 0.1) is 0 Å². The average molecular weight is 480 g/mol. The van der Waals surface area contributed by atoms with E-state index >= 15 is 0 Å². The van der Waals surface area contributed by atoms with Gasteiger partial charge in [0.15, 0.2) is 0 Å². The third-order valence-electron chi connectivity index (χ3n) is 4.79. The fourth-order valence-corrected chi connectivity index (χ4v) is 5.09. The van der Waals surface area contributed by atoms with E-state index in [2.05, 4.69) is 25.9 Å². The fourth-order valence-electron chi connectivity index (χ4n) is 3.30. The summed E-state index contributed by atoms with van der Waals surface area (Å²) in [7, 11) is -3.94. The van der Waals surface area contributed by atoms with Crippen LogP contribution in [0.5, 0.6) is 0 Å². The van der Waals surface area contributed by atoms with E-state index in [-0.39, 0.29) is 23.1 Å². The first-order valence-corrected chi connectivity index (χ1v) is 11.2. The molecule has 2 aromatic carbocycles. The minimum atomic E-state index is -3.94. The molecule has 1 fully saturated rings. The molecule has 1 unspecified atom stereocenters. The predicted molar refractivity (Wildman–Crippen MR) is 113 cm³/mol. The molecule has 0 bridgehead atoms. The van der Waals surface area contributed by atoms with Crippen molar-refractivity contribution in [3.8, 4) is 0 Å². The van der Waals surface area contributed by atoms with Gasteiger partial charge in [0.1, 0.15) is 0 Å². The zero-order valence-electron chi connectivity index (χ0n) is 15.2. The van der Waals surface area contributed by atoms with Gasteiger partial charge >= 0.3 is 11.1 Å². The second-order valence-corrected chi connectivity index (χ2v) is 9.54. The summed E-state index contributed by atoms with van der Waals surface area (Å²) in [6, 6.07) is 11.2. The van der Waals surface area contributed by atoms with Crippen LogP contribution in [0.25, 0.3) is 11.0 Å². The van der Waals surface area contributed by atoms with E-state index < -0.39 is 21.1 Å². The fraction of sp³-hybridized carbons (Fsp3) is 0.263. The number of nitrogens with zero attached hydrogens (tertiary/aromatic N) is 1. The molecule has 0 radical (unpaired) electrons. The van der Waals surface area contributed by atoms with Crippen molar-refractivity contribution in [1.82, 2.24) is 9.97 Å². The summed E-state index contributed by atoms with van der Waals surface area (Å²) in [5.41, 5.74) is -0.524. The Hall–Kier alpha value is -2.43. The van der Waals surface area contributed by atoms with E-state index in [0.29, 0.717) is 17.8 Å². The van der Waals surface area contributed by atoms with Gasteiger partial charge in [-0.15, -0.1) is 0 Å². The van der Waals surface area contributed by atoms with Crippen LogP contribution in [0.3, 0.4) is 0 Å². The van der Waals surface area contributed by atoms with E-state index in [1.165, 1.54) is 22.5 Å². The van der Waals surface area contributed by atoms with Gasteiger partial charge in [-0.1, -0.05) is 15.9 Å². The summed E-state index contributed by atoms with van der Waals surface area (Å²) in [5, 5.41) is 0. The average Bonchev–Trinajstić information content (AvgIpc) is 3.21. The van der Waals surface area contributed by atoms with E-state index in [1.54, 1.807) is 24.3 Å². The lowest BCUT2D eigenvalue weighted by Gasteiger charge is -2.27. The first-order chi connectivity index (χ1) is 13.8. The number of hydrogen-bond acceptors (Lipinski definition) is 5. The largest absolute Gasteiger partial charge is 0.376 e. The Morgan fingerprint density at radius 2 is 1.72 bits per heavy atom. The highest BCUT2D eigenvalue weighted by atomic mass is 79.9. The van der Waals surface area contributed by atoms with Crippen molar-refractivity contribution in [2.75, 3.05) is 17.5 Å². The quantitative estimate of drug-likeness (QED) is 0.545. The Labute approximate surface area is 174 Å². The lowest BCUT2D eigenvalue weighted by Crippen LogP contribution is -2.37. The molecule has 1 aromatic heterocycles. The highest BCUT2D eigenvalue weighted by molar-refractivity contribution is 9.10. The van der Waals surface area contributed by atoms with Gasteiger partial charge in [0, 0.05) is 11.1 Å². The molecule has 29 heavy (non-hydrogen) atoms. The maximum atomic E-state index is 13.5. The van der Waals surface area contributed by atoms with Crippen molar-refractivity contribution in [2.24, 2.45) is 0 Å². The molecule has 0 saturated carbocycles. The maximum absolute atomic E-state index is 13.5. The molecule has 1 aliphatic rings. The number of ether oxygens (including phenoxy) is 1. The zero-order valence-corrected chi connectivity index (χ0v) is 17.6. The number of hydrogen-bond donors (Lipinski definition) is 2. The van der Waals surface area contributed by atoms with Crippen molar-refractivity contribution in [2.45, 2.75) is 23.8 Å². The highest BCUT2D eigenvalue weighted by Gasteiger charge is 2.29. The molecular weight excluding hydrogens is 462 g/mol. The van der Waals surface area contributed by atoms with E-state index in [4.69, 9.17) is 4.74 Å². The van der Waals surface area contributed by atoms with E-state index in [9.17, 15) is 18.0 Å². The molecular formula is C19H18BrN3O5S. The number of anilines is 1. The smallest absolute Gasteiger partial charge is 0.314 e. The molecule has 1 atom stereocenters. The van der Waals surface area contributed by atoms with E-state index in [1.807, 2.05) is 0 Å². The Morgan fingerprint density at radius 3 is 2.38 bits per heavy atom. The Balaban J connectivity index is 1.80. The summed E-state index contributed by atoms with van der Waals surface area (Å²) >= 11 is 3.36. The van der Waals surface area contributed by atoms with Gasteiger partial charge in [0.2, 0.25) is 0 Å². The van der Waals surface area contributed by atoms with Crippen molar-refractivity contribution in [3.63, 3.8) is 0 Å². The number of benzene rings is 2. The lowest BCUT2D eigenvalue weighted by atomic mass is 10.2. The second-order valence-electron chi connectivity index (χ2n) is 6.76. The summed E-state index contributed by atoms with van der Waals surface area (Å²) in [6.45, 7) is 0.799. The molecule has 2 heterocycles. The molecule has 4 rings (SSSR count). The minimum absolute atomic E-state index is 0.00798. The molecule has 2 N–H and O–H groups in total. The van der Waals surface area contributed by atoms with Crippen molar-refractivity contribution < 1.29 is 13.2 Å². The van der Waals surface area contributed by atoms with Crippen LogP contribution < -0.4 is 15.4 Å². The summed E-state index contributed by atoms with van der Waals surface area (Å²) < 4.78 is 34.8. The van der Waals surface area contributed by atoms with Crippen molar-refractivity contribution >= 4 is 42.7 Å². The molecule has 3 aromatic rings. The van der Waals surface area contributed by atoms with E-state index in [0.717, 1.165) is 17.3 Å². The molecule has 8 nitrogen and oxygen atoms in total. The number of nitrogens with one attached hydrogen (secondary N) is 2. The van der Waals surface area contributed by atoms with Crippen LogP contribution in [0.1, 0.15) is 12.8 Å². The van der Waals surface area contributed by atoms with Crippen LogP contribution in [-0.4, -0.2) is 37.6 Å². The third-order valence-corrected chi connectivity index (χ3v) is 7.11. The monoisotopic (exact) mass is 479 g/mol. The number of fused-ring (bicyclic) bond motifs is 1. The van der Waals surface area contributed by atoms with Gasteiger partial charge in [-0.2, -0.15) is 0 Å². The van der Waals surface area contributed by atoms with Gasteiger partial charge in [-0.3, -0.25) is 13.9 Å². The van der Waals surface area contributed by atoms with Gasteiger partial charge in [-0.05, 0) is 55.3 Å². The predicted octanol–water partition coefficient (Wildman–Crippen LogP) is 2.35. The third kappa shape index (κ3) is 4.00.